The second kappa shape index (κ2) is 6.39. The molecule has 0 amide bonds. The number of ketones is 1. The van der Waals surface area contributed by atoms with E-state index in [-0.39, 0.29) is 9.85 Å². The molecule has 0 heterocycles. The van der Waals surface area contributed by atoms with Gasteiger partial charge in [-0.3, -0.25) is 0 Å². The minimum atomic E-state index is -1.46. The molecule has 0 N–H and O–H groups in total. The van der Waals surface area contributed by atoms with Gasteiger partial charge in [0.15, 0.2) is 0 Å². The van der Waals surface area contributed by atoms with Crippen molar-refractivity contribution in [2.24, 2.45) is 5.92 Å². The van der Waals surface area contributed by atoms with Crippen LogP contribution in [-0.2, 0) is 0 Å². The normalized spacial score (nSPS) is 24.0. The molecule has 3 heteroatoms. The Kier molecular flexibility index (Phi) is 4.64. The van der Waals surface area contributed by atoms with Gasteiger partial charge >= 0.3 is 147 Å². The molecule has 23 heavy (non-hydrogen) atoms. The van der Waals surface area contributed by atoms with Crippen LogP contribution >= 0.6 is 0 Å². The summed E-state index contributed by atoms with van der Waals surface area (Å²) in [6.45, 7) is 7.34. The van der Waals surface area contributed by atoms with E-state index in [1.807, 2.05) is 30.3 Å². The summed E-state index contributed by atoms with van der Waals surface area (Å²) in [6, 6.07) is 20.7. The van der Waals surface area contributed by atoms with E-state index in [1.54, 1.807) is 0 Å². The predicted octanol–water partition coefficient (Wildman–Crippen LogP) is 4.35. The minimum absolute atomic E-state index is 0.219. The number of Topliss-reactive ketones (excluding diaryl/α,β-unsaturated/α-hetero) is 1. The molecule has 0 aliphatic heterocycles. The van der Waals surface area contributed by atoms with Crippen LogP contribution in [0.25, 0.3) is 0 Å². The monoisotopic (exact) mass is 388 g/mol. The molecular weight excluding hydrogens is 363 g/mol. The van der Waals surface area contributed by atoms with E-state index in [1.165, 1.54) is 10.9 Å². The van der Waals surface area contributed by atoms with E-state index in [9.17, 15) is 4.79 Å². The third-order valence-corrected chi connectivity index (χ3v) is 15.4. The molecular formula is C20H24OSeSi. The van der Waals surface area contributed by atoms with Crippen molar-refractivity contribution < 1.29 is 4.79 Å². The Morgan fingerprint density at radius 2 is 1.57 bits per heavy atom. The van der Waals surface area contributed by atoms with Gasteiger partial charge in [0.2, 0.25) is 0 Å². The van der Waals surface area contributed by atoms with Crippen molar-refractivity contribution in [3.05, 3.63) is 66.2 Å². The molecule has 0 bridgehead atoms. The number of carbonyl (C=O) groups excluding carboxylic acids is 1. The second-order valence-electron chi connectivity index (χ2n) is 7.38. The quantitative estimate of drug-likeness (QED) is 0.551. The van der Waals surface area contributed by atoms with Gasteiger partial charge in [0, 0.05) is 0 Å². The summed E-state index contributed by atoms with van der Waals surface area (Å²) in [7, 11) is -1.46. The summed E-state index contributed by atoms with van der Waals surface area (Å²) in [5.41, 5.74) is 0.892. The van der Waals surface area contributed by atoms with Crippen LogP contribution in [0.3, 0.4) is 0 Å². The van der Waals surface area contributed by atoms with Crippen molar-refractivity contribution in [2.75, 3.05) is 0 Å². The van der Waals surface area contributed by atoms with Gasteiger partial charge < -0.3 is 0 Å². The first-order chi connectivity index (χ1) is 10.9. The fraction of sp³-hybridized carbons (Fsp3) is 0.350. The summed E-state index contributed by atoms with van der Waals surface area (Å²) >= 11 is 0.367. The van der Waals surface area contributed by atoms with Crippen molar-refractivity contribution in [3.8, 4) is 0 Å². The number of hydrogen-bond donors (Lipinski definition) is 0. The summed E-state index contributed by atoms with van der Waals surface area (Å²) in [6.07, 6.45) is 2.29. The fourth-order valence-electron chi connectivity index (χ4n) is 3.57. The van der Waals surface area contributed by atoms with E-state index in [4.69, 9.17) is 0 Å². The van der Waals surface area contributed by atoms with E-state index in [0.717, 1.165) is 12.0 Å². The number of hydrogen-bond acceptors (Lipinski definition) is 1. The second-order valence-corrected chi connectivity index (χ2v) is 16.5. The average molecular weight is 387 g/mol. The van der Waals surface area contributed by atoms with Gasteiger partial charge in [-0.1, -0.05) is 0 Å². The molecule has 0 saturated heterocycles. The van der Waals surface area contributed by atoms with Crippen molar-refractivity contribution in [2.45, 2.75) is 36.4 Å². The van der Waals surface area contributed by atoms with Crippen molar-refractivity contribution in [1.29, 1.82) is 0 Å². The molecule has 1 fully saturated rings. The van der Waals surface area contributed by atoms with Crippen LogP contribution in [0.15, 0.2) is 60.7 Å². The van der Waals surface area contributed by atoms with Gasteiger partial charge in [-0.15, -0.1) is 0 Å². The molecule has 1 saturated carbocycles. The fourth-order valence-corrected chi connectivity index (χ4v) is 11.4. The van der Waals surface area contributed by atoms with Crippen LogP contribution in [0.5, 0.6) is 0 Å². The summed E-state index contributed by atoms with van der Waals surface area (Å²) in [4.78, 5) is 13.1. The first-order valence-corrected chi connectivity index (χ1v) is 13.5. The molecule has 0 spiro atoms. The molecule has 0 unspecified atom stereocenters. The SMILES string of the molecule is C[Si](C)(C)[C@@]1([Se]c2ccccc2)CC[C@@H]1C(=O)c1ccccc1. The molecule has 2 aromatic rings. The Morgan fingerprint density at radius 1 is 1.00 bits per heavy atom. The first kappa shape index (κ1) is 16.7. The molecule has 1 aliphatic carbocycles. The van der Waals surface area contributed by atoms with Crippen LogP contribution in [-0.4, -0.2) is 28.8 Å². The molecule has 2 aromatic carbocycles. The van der Waals surface area contributed by atoms with Crippen LogP contribution in [0.2, 0.25) is 23.6 Å². The Labute approximate surface area is 146 Å². The molecule has 1 nitrogen and oxygen atoms in total. The summed E-state index contributed by atoms with van der Waals surface area (Å²) < 4.78 is 1.70. The summed E-state index contributed by atoms with van der Waals surface area (Å²) in [5, 5.41) is 0. The standard InChI is InChI=1S/C20H24OSeSi/c1-23(2,3)20(22-17-12-8-5-9-13-17)15-14-18(20)19(21)16-10-6-4-7-11-16/h4-13,18H,14-15H2,1-3H3/t18-,20+/m1/s1. The molecule has 120 valence electrons. The molecule has 2 atom stereocenters. The Balaban J connectivity index is 1.93. The number of benzene rings is 2. The molecule has 0 aromatic heterocycles. The Morgan fingerprint density at radius 3 is 2.04 bits per heavy atom. The number of rotatable bonds is 5. The van der Waals surface area contributed by atoms with Gasteiger partial charge in [-0.25, -0.2) is 0 Å². The van der Waals surface area contributed by atoms with Gasteiger partial charge in [-0.05, 0) is 0 Å². The zero-order valence-electron chi connectivity index (χ0n) is 14.1. The molecule has 0 radical (unpaired) electrons. The van der Waals surface area contributed by atoms with Crippen LogP contribution in [0.1, 0.15) is 23.2 Å². The van der Waals surface area contributed by atoms with Gasteiger partial charge in [0.25, 0.3) is 0 Å². The maximum absolute atomic E-state index is 13.1. The summed E-state index contributed by atoms with van der Waals surface area (Å²) in [5.74, 6) is 0.592. The number of carbonyl (C=O) groups is 1. The van der Waals surface area contributed by atoms with Crippen molar-refractivity contribution in [1.82, 2.24) is 0 Å². The van der Waals surface area contributed by atoms with Crippen LogP contribution in [0, 0.1) is 5.92 Å². The third kappa shape index (κ3) is 3.10. The maximum atomic E-state index is 13.1. The zero-order valence-corrected chi connectivity index (χ0v) is 16.8. The Hall–Kier alpha value is -1.15. The first-order valence-electron chi connectivity index (χ1n) is 8.27. The van der Waals surface area contributed by atoms with E-state index < -0.39 is 8.07 Å². The molecule has 1 aliphatic rings. The van der Waals surface area contributed by atoms with Gasteiger partial charge in [0.05, 0.1) is 0 Å². The van der Waals surface area contributed by atoms with Gasteiger partial charge in [0.1, 0.15) is 0 Å². The Bertz CT molecular complexity index is 678. The predicted molar refractivity (Wildman–Crippen MR) is 101 cm³/mol. The van der Waals surface area contributed by atoms with Crippen molar-refractivity contribution >= 4 is 33.3 Å². The van der Waals surface area contributed by atoms with E-state index >= 15 is 0 Å². The van der Waals surface area contributed by atoms with Crippen molar-refractivity contribution in [3.63, 3.8) is 0 Å². The van der Waals surface area contributed by atoms with E-state index in [0.29, 0.717) is 20.7 Å². The van der Waals surface area contributed by atoms with Gasteiger partial charge in [-0.2, -0.15) is 0 Å². The van der Waals surface area contributed by atoms with Crippen LogP contribution < -0.4 is 4.46 Å². The zero-order chi connectivity index (χ0) is 16.5. The average Bonchev–Trinajstić information content (AvgIpc) is 2.52. The molecule has 3 rings (SSSR count). The van der Waals surface area contributed by atoms with Crippen LogP contribution in [0.4, 0.5) is 0 Å². The van der Waals surface area contributed by atoms with E-state index in [2.05, 4.69) is 50.0 Å². The topological polar surface area (TPSA) is 17.1 Å². The third-order valence-electron chi connectivity index (χ3n) is 5.05.